The molecule has 0 aromatic carbocycles. The zero-order valence-electron chi connectivity index (χ0n) is 5.58. The third-order valence-electron chi connectivity index (χ3n) is 0.986. The van der Waals surface area contributed by atoms with Crippen LogP contribution < -0.4 is 5.73 Å². The van der Waals surface area contributed by atoms with Crippen LogP contribution in [0.5, 0.6) is 0 Å². The van der Waals surface area contributed by atoms with Crippen LogP contribution in [-0.4, -0.2) is 57.8 Å². The molecule has 0 heterocycles. The molecule has 1 radical (unpaired) electrons. The van der Waals surface area contributed by atoms with Gasteiger partial charge in [-0.3, -0.25) is 9.59 Å². The third kappa shape index (κ3) is 10.4. The molecule has 1 unspecified atom stereocenters. The van der Waals surface area contributed by atoms with Gasteiger partial charge in [-0.15, -0.1) is 0 Å². The van der Waals surface area contributed by atoms with Gasteiger partial charge in [0.05, 0.1) is 0 Å². The summed E-state index contributed by atoms with van der Waals surface area (Å²) < 4.78 is 0. The standard InChI is InChI=1S/C5H9NO4.Cu.Na.H/c6-3(5(9)10)1-2-4(7)8;;;/h3H,1-2,6H2,(H,7,8)(H,9,10);;;. The molecule has 0 saturated carbocycles. The summed E-state index contributed by atoms with van der Waals surface area (Å²) in [6, 6.07) is -1.06. The van der Waals surface area contributed by atoms with Crippen LogP contribution >= 0.6 is 0 Å². The second-order valence-corrected chi connectivity index (χ2v) is 1.88. The quantitative estimate of drug-likeness (QED) is 0.520. The van der Waals surface area contributed by atoms with Crippen LogP contribution in [0.2, 0.25) is 0 Å². The van der Waals surface area contributed by atoms with Gasteiger partial charge in [0.1, 0.15) is 6.04 Å². The average molecular weight is 235 g/mol. The first-order valence-electron chi connectivity index (χ1n) is 2.74. The van der Waals surface area contributed by atoms with Crippen molar-refractivity contribution in [3.63, 3.8) is 0 Å². The molecule has 0 aliphatic rings. The zero-order valence-corrected chi connectivity index (χ0v) is 6.52. The van der Waals surface area contributed by atoms with Gasteiger partial charge in [0, 0.05) is 23.5 Å². The fraction of sp³-hybridized carbons (Fsp3) is 0.600. The van der Waals surface area contributed by atoms with Gasteiger partial charge in [-0.25, -0.2) is 0 Å². The number of carbonyl (C=O) groups is 2. The van der Waals surface area contributed by atoms with E-state index in [0.29, 0.717) is 0 Å². The molecule has 0 spiro atoms. The number of hydrogen-bond acceptors (Lipinski definition) is 3. The van der Waals surface area contributed by atoms with Gasteiger partial charge < -0.3 is 15.9 Å². The molecule has 12 heavy (non-hydrogen) atoms. The molecule has 0 aromatic heterocycles. The first-order valence-corrected chi connectivity index (χ1v) is 2.74. The van der Waals surface area contributed by atoms with E-state index < -0.39 is 18.0 Å². The SMILES string of the molecule is NC(CCC(=O)O)C(=O)O.[Cu].[NaH]. The summed E-state index contributed by atoms with van der Waals surface area (Å²) in [4.78, 5) is 19.9. The van der Waals surface area contributed by atoms with Crippen molar-refractivity contribution in [3.8, 4) is 0 Å². The first kappa shape index (κ1) is 18.3. The van der Waals surface area contributed by atoms with Gasteiger partial charge in [-0.2, -0.15) is 0 Å². The molecule has 7 heteroatoms. The minimum atomic E-state index is -1.17. The third-order valence-corrected chi connectivity index (χ3v) is 0.986. The van der Waals surface area contributed by atoms with Crippen molar-refractivity contribution >= 4 is 41.5 Å². The average Bonchev–Trinajstić information content (AvgIpc) is 1.82. The van der Waals surface area contributed by atoms with Crippen molar-refractivity contribution in [1.82, 2.24) is 0 Å². The van der Waals surface area contributed by atoms with E-state index in [1.165, 1.54) is 0 Å². The number of aliphatic carboxylic acids is 2. The van der Waals surface area contributed by atoms with Crippen molar-refractivity contribution in [1.29, 1.82) is 0 Å². The summed E-state index contributed by atoms with van der Waals surface area (Å²) in [6.45, 7) is 0. The van der Waals surface area contributed by atoms with Gasteiger partial charge in [0.2, 0.25) is 0 Å². The fourth-order valence-corrected chi connectivity index (χ4v) is 0.402. The molecule has 0 aliphatic carbocycles. The molecular weight excluding hydrogens is 225 g/mol. The Morgan fingerprint density at radius 1 is 1.33 bits per heavy atom. The van der Waals surface area contributed by atoms with Crippen LogP contribution in [0.15, 0.2) is 0 Å². The van der Waals surface area contributed by atoms with E-state index in [1.807, 2.05) is 0 Å². The topological polar surface area (TPSA) is 101 Å². The Hall–Kier alpha value is 0.419. The molecule has 5 nitrogen and oxygen atoms in total. The Bertz CT molecular complexity index is 154. The van der Waals surface area contributed by atoms with E-state index >= 15 is 0 Å². The van der Waals surface area contributed by atoms with Crippen molar-refractivity contribution in [2.75, 3.05) is 0 Å². The summed E-state index contributed by atoms with van der Waals surface area (Å²) in [5.74, 6) is -2.20. The summed E-state index contributed by atoms with van der Waals surface area (Å²) >= 11 is 0. The maximum atomic E-state index is 9.99. The van der Waals surface area contributed by atoms with Gasteiger partial charge in [0.25, 0.3) is 0 Å². The number of hydrogen-bond donors (Lipinski definition) is 3. The monoisotopic (exact) mass is 234 g/mol. The fourth-order valence-electron chi connectivity index (χ4n) is 0.402. The Labute approximate surface area is 102 Å². The molecule has 0 fully saturated rings. The van der Waals surface area contributed by atoms with Crippen molar-refractivity contribution in [2.45, 2.75) is 18.9 Å². The Morgan fingerprint density at radius 3 is 2.00 bits per heavy atom. The molecule has 4 N–H and O–H groups in total. The molecule has 0 saturated heterocycles. The van der Waals surface area contributed by atoms with Crippen LogP contribution in [0.25, 0.3) is 0 Å². The summed E-state index contributed by atoms with van der Waals surface area (Å²) in [7, 11) is 0. The van der Waals surface area contributed by atoms with Crippen LogP contribution in [0, 0.1) is 0 Å². The van der Waals surface area contributed by atoms with E-state index in [-0.39, 0.29) is 59.5 Å². The van der Waals surface area contributed by atoms with Crippen LogP contribution in [0.3, 0.4) is 0 Å². The van der Waals surface area contributed by atoms with Crippen molar-refractivity contribution < 1.29 is 36.9 Å². The van der Waals surface area contributed by atoms with Gasteiger partial charge in [-0.05, 0) is 6.42 Å². The first-order chi connectivity index (χ1) is 4.54. The van der Waals surface area contributed by atoms with Gasteiger partial charge in [0.15, 0.2) is 0 Å². The molecule has 1 atom stereocenters. The molecule has 0 bridgehead atoms. The molecule has 0 rings (SSSR count). The van der Waals surface area contributed by atoms with E-state index in [0.717, 1.165) is 0 Å². The van der Waals surface area contributed by atoms with Gasteiger partial charge >= 0.3 is 41.5 Å². The predicted molar refractivity (Wildman–Crippen MR) is 39.6 cm³/mol. The van der Waals surface area contributed by atoms with E-state index in [2.05, 4.69) is 0 Å². The summed E-state index contributed by atoms with van der Waals surface area (Å²) in [5, 5.41) is 16.3. The Balaban J connectivity index is -0.000000405. The second kappa shape index (κ2) is 9.51. The maximum absolute atomic E-state index is 9.99. The minimum absolute atomic E-state index is 0. The van der Waals surface area contributed by atoms with E-state index in [1.54, 1.807) is 0 Å². The molecule has 0 aromatic rings. The van der Waals surface area contributed by atoms with Crippen LogP contribution in [-0.2, 0) is 26.7 Å². The van der Waals surface area contributed by atoms with E-state index in [9.17, 15) is 9.59 Å². The van der Waals surface area contributed by atoms with Gasteiger partial charge in [-0.1, -0.05) is 0 Å². The molecule has 0 amide bonds. The zero-order chi connectivity index (χ0) is 8.15. The normalized spacial score (nSPS) is 10.4. The van der Waals surface area contributed by atoms with E-state index in [4.69, 9.17) is 15.9 Å². The van der Waals surface area contributed by atoms with Crippen LogP contribution in [0.4, 0.5) is 0 Å². The summed E-state index contributed by atoms with van der Waals surface area (Å²) in [5.41, 5.74) is 5.00. The number of rotatable bonds is 4. The van der Waals surface area contributed by atoms with Crippen molar-refractivity contribution in [3.05, 3.63) is 0 Å². The Kier molecular flexibility index (Phi) is 14.5. The molecule has 0 aliphatic heterocycles. The number of carboxylic acid groups (broad SMARTS) is 2. The summed E-state index contributed by atoms with van der Waals surface area (Å²) in [6.07, 6.45) is -0.224. The Morgan fingerprint density at radius 2 is 1.75 bits per heavy atom. The molecular formula is C5H10CuNNaO4. The molecule has 71 valence electrons. The predicted octanol–water partition coefficient (Wildman–Crippen LogP) is -1.39. The number of carboxylic acids is 2. The van der Waals surface area contributed by atoms with Crippen LogP contribution in [0.1, 0.15) is 12.8 Å². The second-order valence-electron chi connectivity index (χ2n) is 1.88. The van der Waals surface area contributed by atoms with Crippen molar-refractivity contribution in [2.24, 2.45) is 5.73 Å². The number of nitrogens with two attached hydrogens (primary N) is 1.